The van der Waals surface area contributed by atoms with Gasteiger partial charge in [-0.1, -0.05) is 13.8 Å². The molecule has 2 aromatic heterocycles. The van der Waals surface area contributed by atoms with E-state index in [-0.39, 0.29) is 11.8 Å². The SMILES string of the molecule is CC(C)CN1C(=O)c2sc3cscc3c2C1=O. The molecule has 0 N–H and O–H groups in total. The van der Waals surface area contributed by atoms with E-state index in [0.29, 0.717) is 22.9 Å². The average Bonchev–Trinajstić information content (AvgIpc) is 2.86. The summed E-state index contributed by atoms with van der Waals surface area (Å²) in [6.45, 7) is 4.52. The van der Waals surface area contributed by atoms with E-state index in [0.717, 1.165) is 10.1 Å². The Morgan fingerprint density at radius 3 is 2.71 bits per heavy atom. The lowest BCUT2D eigenvalue weighted by Crippen LogP contribution is -2.33. The van der Waals surface area contributed by atoms with Crippen LogP contribution in [0, 0.1) is 5.92 Å². The van der Waals surface area contributed by atoms with Gasteiger partial charge >= 0.3 is 0 Å². The summed E-state index contributed by atoms with van der Waals surface area (Å²) >= 11 is 3.01. The van der Waals surface area contributed by atoms with E-state index in [1.54, 1.807) is 11.3 Å². The zero-order chi connectivity index (χ0) is 12.2. The summed E-state index contributed by atoms with van der Waals surface area (Å²) in [5.74, 6) is 0.0584. The molecule has 0 saturated carbocycles. The maximum absolute atomic E-state index is 12.2. The predicted molar refractivity (Wildman–Crippen MR) is 69.9 cm³/mol. The number of carbonyl (C=O) groups is 2. The molecule has 0 fully saturated rings. The second kappa shape index (κ2) is 3.65. The average molecular weight is 265 g/mol. The lowest BCUT2D eigenvalue weighted by molar-refractivity contribution is 0.0638. The molecule has 3 nitrogen and oxygen atoms in total. The molecule has 0 radical (unpaired) electrons. The topological polar surface area (TPSA) is 37.4 Å². The van der Waals surface area contributed by atoms with Gasteiger partial charge in [0, 0.05) is 27.4 Å². The summed E-state index contributed by atoms with van der Waals surface area (Å²) in [5, 5.41) is 4.89. The molecule has 2 amide bonds. The Hall–Kier alpha value is -1.20. The number of imide groups is 1. The largest absolute Gasteiger partial charge is 0.273 e. The van der Waals surface area contributed by atoms with Crippen molar-refractivity contribution in [2.24, 2.45) is 5.92 Å². The van der Waals surface area contributed by atoms with Crippen molar-refractivity contribution < 1.29 is 9.59 Å². The van der Waals surface area contributed by atoms with Crippen LogP contribution in [0.3, 0.4) is 0 Å². The molecule has 0 aromatic carbocycles. The van der Waals surface area contributed by atoms with Crippen molar-refractivity contribution in [3.8, 4) is 0 Å². The number of fused-ring (bicyclic) bond motifs is 3. The fourth-order valence-electron chi connectivity index (χ4n) is 2.07. The van der Waals surface area contributed by atoms with Crippen molar-refractivity contribution in [1.29, 1.82) is 0 Å². The number of hydrogen-bond acceptors (Lipinski definition) is 4. The van der Waals surface area contributed by atoms with Gasteiger partial charge in [0.1, 0.15) is 4.88 Å². The van der Waals surface area contributed by atoms with E-state index in [1.807, 2.05) is 24.6 Å². The number of thiophene rings is 2. The van der Waals surface area contributed by atoms with Gasteiger partial charge in [-0.15, -0.1) is 11.3 Å². The third-order valence-corrected chi connectivity index (χ3v) is 4.81. The maximum atomic E-state index is 12.2. The summed E-state index contributed by atoms with van der Waals surface area (Å²) in [7, 11) is 0. The Balaban J connectivity index is 2.11. The summed E-state index contributed by atoms with van der Waals surface area (Å²) in [4.78, 5) is 26.4. The minimum absolute atomic E-state index is 0.120. The fourth-order valence-corrected chi connectivity index (χ4v) is 4.19. The highest BCUT2D eigenvalue weighted by atomic mass is 32.1. The van der Waals surface area contributed by atoms with Crippen LogP contribution in [-0.2, 0) is 0 Å². The quantitative estimate of drug-likeness (QED) is 0.782. The Morgan fingerprint density at radius 1 is 1.24 bits per heavy atom. The molecule has 0 atom stereocenters. The molecule has 1 aliphatic rings. The molecule has 5 heteroatoms. The Morgan fingerprint density at radius 2 is 2.00 bits per heavy atom. The zero-order valence-electron chi connectivity index (χ0n) is 9.52. The van der Waals surface area contributed by atoms with Crippen LogP contribution < -0.4 is 0 Å². The molecular formula is C12H11NO2S2. The van der Waals surface area contributed by atoms with Gasteiger partial charge in [-0.2, -0.15) is 11.3 Å². The van der Waals surface area contributed by atoms with Gasteiger partial charge in [0.2, 0.25) is 0 Å². The molecule has 1 aliphatic heterocycles. The van der Waals surface area contributed by atoms with Crippen LogP contribution in [-0.4, -0.2) is 23.3 Å². The van der Waals surface area contributed by atoms with Crippen molar-refractivity contribution in [3.63, 3.8) is 0 Å². The third kappa shape index (κ3) is 1.46. The van der Waals surface area contributed by atoms with Crippen molar-refractivity contribution in [3.05, 3.63) is 21.2 Å². The summed E-state index contributed by atoms with van der Waals surface area (Å²) in [6.07, 6.45) is 0. The van der Waals surface area contributed by atoms with E-state index < -0.39 is 0 Å². The predicted octanol–water partition coefficient (Wildman–Crippen LogP) is 3.21. The molecule has 88 valence electrons. The first-order chi connectivity index (χ1) is 8.09. The summed E-state index contributed by atoms with van der Waals surface area (Å²) in [5.41, 5.74) is 0.622. The molecule has 3 rings (SSSR count). The van der Waals surface area contributed by atoms with Crippen molar-refractivity contribution in [2.75, 3.05) is 6.54 Å². The van der Waals surface area contributed by atoms with Crippen LogP contribution in [0.15, 0.2) is 10.8 Å². The van der Waals surface area contributed by atoms with Crippen LogP contribution in [0.25, 0.3) is 10.1 Å². The van der Waals surface area contributed by atoms with Crippen LogP contribution in [0.5, 0.6) is 0 Å². The minimum atomic E-state index is -0.122. The van der Waals surface area contributed by atoms with Crippen molar-refractivity contribution >= 4 is 44.6 Å². The second-order valence-electron chi connectivity index (χ2n) is 4.57. The maximum Gasteiger partial charge on any atom is 0.271 e. The molecule has 0 bridgehead atoms. The number of rotatable bonds is 2. The zero-order valence-corrected chi connectivity index (χ0v) is 11.2. The fraction of sp³-hybridized carbons (Fsp3) is 0.333. The molecule has 0 spiro atoms. The first kappa shape index (κ1) is 10.9. The van der Waals surface area contributed by atoms with Crippen LogP contribution in [0.2, 0.25) is 0 Å². The molecular weight excluding hydrogens is 254 g/mol. The van der Waals surface area contributed by atoms with Crippen LogP contribution in [0.1, 0.15) is 33.9 Å². The van der Waals surface area contributed by atoms with E-state index in [9.17, 15) is 9.59 Å². The van der Waals surface area contributed by atoms with E-state index >= 15 is 0 Å². The molecule has 0 saturated heterocycles. The standard InChI is InChI=1S/C12H11NO2S2/c1-6(2)3-13-11(14)9-7-4-16-5-8(7)17-10(9)12(13)15/h4-6H,3H2,1-2H3. The summed E-state index contributed by atoms with van der Waals surface area (Å²) in [6, 6.07) is 0. The molecule has 0 aliphatic carbocycles. The lowest BCUT2D eigenvalue weighted by atomic mass is 10.2. The first-order valence-corrected chi connectivity index (χ1v) is 7.20. The Bertz CT molecular complexity index is 624. The number of carbonyl (C=O) groups excluding carboxylic acids is 2. The minimum Gasteiger partial charge on any atom is -0.273 e. The van der Waals surface area contributed by atoms with Crippen LogP contribution in [0.4, 0.5) is 0 Å². The number of nitrogens with zero attached hydrogens (tertiary/aromatic N) is 1. The first-order valence-electron chi connectivity index (χ1n) is 5.44. The number of hydrogen-bond donors (Lipinski definition) is 0. The van der Waals surface area contributed by atoms with Gasteiger partial charge in [0.05, 0.1) is 5.56 Å². The van der Waals surface area contributed by atoms with Gasteiger partial charge in [0.25, 0.3) is 11.8 Å². The van der Waals surface area contributed by atoms with E-state index in [2.05, 4.69) is 0 Å². The van der Waals surface area contributed by atoms with Gasteiger partial charge in [0.15, 0.2) is 0 Å². The smallest absolute Gasteiger partial charge is 0.271 e. The van der Waals surface area contributed by atoms with Gasteiger partial charge in [-0.3, -0.25) is 14.5 Å². The molecule has 2 aromatic rings. The van der Waals surface area contributed by atoms with Gasteiger partial charge in [-0.05, 0) is 5.92 Å². The highest BCUT2D eigenvalue weighted by Crippen LogP contribution is 2.39. The molecule has 3 heterocycles. The lowest BCUT2D eigenvalue weighted by Gasteiger charge is -2.16. The second-order valence-corrected chi connectivity index (χ2v) is 6.37. The van der Waals surface area contributed by atoms with Gasteiger partial charge < -0.3 is 0 Å². The van der Waals surface area contributed by atoms with E-state index in [4.69, 9.17) is 0 Å². The Labute approximate surface area is 107 Å². The van der Waals surface area contributed by atoms with Crippen LogP contribution >= 0.6 is 22.7 Å². The normalized spacial score (nSPS) is 15.4. The highest BCUT2D eigenvalue weighted by Gasteiger charge is 2.39. The van der Waals surface area contributed by atoms with Gasteiger partial charge in [-0.25, -0.2) is 0 Å². The molecule has 0 unspecified atom stereocenters. The summed E-state index contributed by atoms with van der Waals surface area (Å²) < 4.78 is 1.05. The van der Waals surface area contributed by atoms with E-state index in [1.165, 1.54) is 16.2 Å². The van der Waals surface area contributed by atoms with Crippen molar-refractivity contribution in [1.82, 2.24) is 4.90 Å². The number of amides is 2. The Kier molecular flexibility index (Phi) is 2.34. The van der Waals surface area contributed by atoms with Crippen molar-refractivity contribution in [2.45, 2.75) is 13.8 Å². The highest BCUT2D eigenvalue weighted by molar-refractivity contribution is 7.24. The monoisotopic (exact) mass is 265 g/mol. The molecule has 17 heavy (non-hydrogen) atoms. The third-order valence-electron chi connectivity index (χ3n) is 2.78.